The molecule has 1 amide bonds. The van der Waals surface area contributed by atoms with Crippen LogP contribution in [0.5, 0.6) is 0 Å². The van der Waals surface area contributed by atoms with E-state index in [2.05, 4.69) is 34.7 Å². The summed E-state index contributed by atoms with van der Waals surface area (Å²) in [6.45, 7) is 7.72. The molecule has 1 aromatic rings. The summed E-state index contributed by atoms with van der Waals surface area (Å²) in [5, 5.41) is 13.8. The number of rotatable bonds is 7. The summed E-state index contributed by atoms with van der Waals surface area (Å²) in [4.78, 5) is 11.5. The summed E-state index contributed by atoms with van der Waals surface area (Å²) < 4.78 is 0. The van der Waals surface area contributed by atoms with E-state index in [4.69, 9.17) is 0 Å². The molecule has 0 spiro atoms. The molecular formula is C13H22N4O. The molecule has 1 heterocycles. The molecule has 100 valence electrons. The van der Waals surface area contributed by atoms with Crippen LogP contribution in [-0.2, 0) is 0 Å². The first-order valence-corrected chi connectivity index (χ1v) is 6.57. The van der Waals surface area contributed by atoms with E-state index in [0.29, 0.717) is 18.2 Å². The Morgan fingerprint density at radius 3 is 2.44 bits per heavy atom. The van der Waals surface area contributed by atoms with Gasteiger partial charge in [0.1, 0.15) is 5.82 Å². The minimum absolute atomic E-state index is 0.184. The smallest absolute Gasteiger partial charge is 0.271 e. The van der Waals surface area contributed by atoms with Gasteiger partial charge in [0.15, 0.2) is 5.69 Å². The third-order valence-electron chi connectivity index (χ3n) is 2.96. The molecule has 0 aliphatic carbocycles. The van der Waals surface area contributed by atoms with Gasteiger partial charge in [0, 0.05) is 13.1 Å². The molecule has 2 N–H and O–H groups in total. The Bertz CT molecular complexity index is 360. The van der Waals surface area contributed by atoms with E-state index in [1.807, 2.05) is 6.92 Å². The molecule has 0 unspecified atom stereocenters. The predicted molar refractivity (Wildman–Crippen MR) is 72.6 cm³/mol. The standard InChI is InChI=1S/C13H22N4O/c1-4-10(5-2)9-15-12-8-7-11(16-17-12)13(18)14-6-3/h7-8,10H,4-6,9H2,1-3H3,(H,14,18)(H,15,17). The average molecular weight is 250 g/mol. The maximum Gasteiger partial charge on any atom is 0.271 e. The maximum atomic E-state index is 11.5. The zero-order valence-corrected chi connectivity index (χ0v) is 11.4. The van der Waals surface area contributed by atoms with E-state index in [1.165, 1.54) is 0 Å². The van der Waals surface area contributed by atoms with Gasteiger partial charge in [-0.1, -0.05) is 26.7 Å². The van der Waals surface area contributed by atoms with Crippen molar-refractivity contribution in [1.29, 1.82) is 0 Å². The van der Waals surface area contributed by atoms with Gasteiger partial charge in [-0.25, -0.2) is 0 Å². The summed E-state index contributed by atoms with van der Waals surface area (Å²) in [7, 11) is 0. The predicted octanol–water partition coefficient (Wildman–Crippen LogP) is 2.07. The van der Waals surface area contributed by atoms with Crippen molar-refractivity contribution in [3.05, 3.63) is 17.8 Å². The van der Waals surface area contributed by atoms with E-state index in [9.17, 15) is 4.79 Å². The SMILES string of the molecule is CCNC(=O)c1ccc(NCC(CC)CC)nn1. The number of hydrogen-bond donors (Lipinski definition) is 2. The van der Waals surface area contributed by atoms with E-state index < -0.39 is 0 Å². The van der Waals surface area contributed by atoms with E-state index in [0.717, 1.165) is 25.2 Å². The van der Waals surface area contributed by atoms with Gasteiger partial charge < -0.3 is 10.6 Å². The second-order valence-electron chi connectivity index (χ2n) is 4.23. The van der Waals surface area contributed by atoms with Gasteiger partial charge in [-0.3, -0.25) is 4.79 Å². The molecule has 0 radical (unpaired) electrons. The first-order chi connectivity index (χ1) is 8.71. The van der Waals surface area contributed by atoms with Crippen molar-refractivity contribution < 1.29 is 4.79 Å². The van der Waals surface area contributed by atoms with E-state index >= 15 is 0 Å². The molecule has 0 aliphatic rings. The lowest BCUT2D eigenvalue weighted by molar-refractivity contribution is 0.0950. The number of nitrogens with zero attached hydrogens (tertiary/aromatic N) is 2. The van der Waals surface area contributed by atoms with Gasteiger partial charge in [-0.15, -0.1) is 10.2 Å². The molecule has 0 fully saturated rings. The minimum atomic E-state index is -0.184. The molecule has 0 aliphatic heterocycles. The Kier molecular flexibility index (Phi) is 6.11. The molecule has 0 saturated carbocycles. The molecule has 0 atom stereocenters. The van der Waals surface area contributed by atoms with Crippen molar-refractivity contribution >= 4 is 11.7 Å². The quantitative estimate of drug-likeness (QED) is 0.777. The lowest BCUT2D eigenvalue weighted by atomic mass is 10.0. The Balaban J connectivity index is 2.52. The summed E-state index contributed by atoms with van der Waals surface area (Å²) in [5.74, 6) is 1.18. The van der Waals surface area contributed by atoms with Crippen LogP contribution in [0.15, 0.2) is 12.1 Å². The Hall–Kier alpha value is -1.65. The van der Waals surface area contributed by atoms with Crippen LogP contribution in [0.1, 0.15) is 44.1 Å². The number of carbonyl (C=O) groups excluding carboxylic acids is 1. The second kappa shape index (κ2) is 7.63. The first-order valence-electron chi connectivity index (χ1n) is 6.57. The number of carbonyl (C=O) groups is 1. The van der Waals surface area contributed by atoms with Crippen LogP contribution in [0.2, 0.25) is 0 Å². The lowest BCUT2D eigenvalue weighted by Gasteiger charge is -2.13. The van der Waals surface area contributed by atoms with Crippen molar-refractivity contribution in [3.63, 3.8) is 0 Å². The van der Waals surface area contributed by atoms with Gasteiger partial charge in [0.05, 0.1) is 0 Å². The minimum Gasteiger partial charge on any atom is -0.368 e. The van der Waals surface area contributed by atoms with Gasteiger partial charge in [0.25, 0.3) is 5.91 Å². The molecule has 5 nitrogen and oxygen atoms in total. The number of anilines is 1. The van der Waals surface area contributed by atoms with Crippen LogP contribution < -0.4 is 10.6 Å². The molecule has 0 bridgehead atoms. The van der Waals surface area contributed by atoms with Gasteiger partial charge in [-0.05, 0) is 25.0 Å². The van der Waals surface area contributed by atoms with Crippen molar-refractivity contribution in [3.8, 4) is 0 Å². The van der Waals surface area contributed by atoms with E-state index in [-0.39, 0.29) is 5.91 Å². The fourth-order valence-electron chi connectivity index (χ4n) is 1.63. The fraction of sp³-hybridized carbons (Fsp3) is 0.615. The summed E-state index contributed by atoms with van der Waals surface area (Å²) in [5.41, 5.74) is 0.352. The van der Waals surface area contributed by atoms with Crippen LogP contribution in [-0.4, -0.2) is 29.2 Å². The number of nitrogens with one attached hydrogen (secondary N) is 2. The highest BCUT2D eigenvalue weighted by atomic mass is 16.1. The highest BCUT2D eigenvalue weighted by molar-refractivity contribution is 5.92. The molecule has 0 saturated heterocycles. The van der Waals surface area contributed by atoms with Crippen LogP contribution >= 0.6 is 0 Å². The lowest BCUT2D eigenvalue weighted by Crippen LogP contribution is -2.24. The van der Waals surface area contributed by atoms with Crippen LogP contribution in [0.3, 0.4) is 0 Å². The fourth-order valence-corrected chi connectivity index (χ4v) is 1.63. The number of amides is 1. The van der Waals surface area contributed by atoms with Crippen molar-refractivity contribution in [1.82, 2.24) is 15.5 Å². The molecule has 0 aromatic carbocycles. The topological polar surface area (TPSA) is 66.9 Å². The normalized spacial score (nSPS) is 10.4. The molecule has 5 heteroatoms. The zero-order valence-electron chi connectivity index (χ0n) is 11.4. The Labute approximate surface area is 108 Å². The summed E-state index contributed by atoms with van der Waals surface area (Å²) in [6.07, 6.45) is 2.29. The highest BCUT2D eigenvalue weighted by Crippen LogP contribution is 2.09. The van der Waals surface area contributed by atoms with Crippen molar-refractivity contribution in [2.45, 2.75) is 33.6 Å². The van der Waals surface area contributed by atoms with Gasteiger partial charge in [-0.2, -0.15) is 0 Å². The van der Waals surface area contributed by atoms with Gasteiger partial charge >= 0.3 is 0 Å². The summed E-state index contributed by atoms with van der Waals surface area (Å²) in [6, 6.07) is 3.48. The monoisotopic (exact) mass is 250 g/mol. The largest absolute Gasteiger partial charge is 0.368 e. The number of hydrogen-bond acceptors (Lipinski definition) is 4. The Morgan fingerprint density at radius 1 is 1.22 bits per heavy atom. The van der Waals surface area contributed by atoms with Gasteiger partial charge in [0.2, 0.25) is 0 Å². The third kappa shape index (κ3) is 4.31. The highest BCUT2D eigenvalue weighted by Gasteiger charge is 2.07. The molecule has 1 aromatic heterocycles. The van der Waals surface area contributed by atoms with Crippen LogP contribution in [0, 0.1) is 5.92 Å². The molecule has 18 heavy (non-hydrogen) atoms. The Morgan fingerprint density at radius 2 is 1.94 bits per heavy atom. The van der Waals surface area contributed by atoms with Crippen molar-refractivity contribution in [2.24, 2.45) is 5.92 Å². The van der Waals surface area contributed by atoms with Crippen LogP contribution in [0.25, 0.3) is 0 Å². The van der Waals surface area contributed by atoms with Crippen LogP contribution in [0.4, 0.5) is 5.82 Å². The van der Waals surface area contributed by atoms with E-state index in [1.54, 1.807) is 12.1 Å². The average Bonchev–Trinajstić information content (AvgIpc) is 2.41. The first kappa shape index (κ1) is 14.4. The maximum absolute atomic E-state index is 11.5. The van der Waals surface area contributed by atoms with Crippen molar-refractivity contribution in [2.75, 3.05) is 18.4 Å². The number of aromatic nitrogens is 2. The molecular weight excluding hydrogens is 228 g/mol. The summed E-state index contributed by atoms with van der Waals surface area (Å²) >= 11 is 0. The third-order valence-corrected chi connectivity index (χ3v) is 2.96. The zero-order chi connectivity index (χ0) is 13.4. The molecule has 1 rings (SSSR count). The second-order valence-corrected chi connectivity index (χ2v) is 4.23.